The maximum Gasteiger partial charge on any atom is 0.249 e. The van der Waals surface area contributed by atoms with Gasteiger partial charge in [-0.3, -0.25) is 0 Å². The van der Waals surface area contributed by atoms with Crippen LogP contribution in [0.25, 0.3) is 0 Å². The second kappa shape index (κ2) is 7.19. The number of aromatic nitrogens is 1. The second-order valence-corrected chi connectivity index (χ2v) is 7.39. The van der Waals surface area contributed by atoms with Gasteiger partial charge in [-0.1, -0.05) is 35.1 Å². The smallest absolute Gasteiger partial charge is 0.249 e. The normalized spacial score (nSPS) is 11.5. The van der Waals surface area contributed by atoms with Gasteiger partial charge in [-0.15, -0.1) is 0 Å². The minimum absolute atomic E-state index is 0.0343. The van der Waals surface area contributed by atoms with Gasteiger partial charge in [0.05, 0.1) is 19.4 Å². The summed E-state index contributed by atoms with van der Waals surface area (Å²) >= 11 is 6.78. The molecular formula is C12H14ClN3O3S2. The van der Waals surface area contributed by atoms with Crippen LogP contribution >= 0.6 is 22.9 Å². The van der Waals surface area contributed by atoms with Crippen LogP contribution in [0, 0.1) is 0 Å². The van der Waals surface area contributed by atoms with E-state index < -0.39 is 10.0 Å². The van der Waals surface area contributed by atoms with E-state index in [9.17, 15) is 8.42 Å². The van der Waals surface area contributed by atoms with Gasteiger partial charge in [0.25, 0.3) is 0 Å². The fraction of sp³-hybridized carbons (Fsp3) is 0.250. The number of sulfonamides is 1. The van der Waals surface area contributed by atoms with Gasteiger partial charge >= 0.3 is 0 Å². The van der Waals surface area contributed by atoms with Crippen molar-refractivity contribution in [2.45, 2.75) is 10.8 Å². The van der Waals surface area contributed by atoms with Crippen LogP contribution in [0.3, 0.4) is 0 Å². The lowest BCUT2D eigenvalue weighted by molar-refractivity contribution is 0.130. The number of primary sulfonamides is 1. The van der Waals surface area contributed by atoms with Crippen LogP contribution in [-0.4, -0.2) is 26.6 Å². The first-order chi connectivity index (χ1) is 9.95. The Morgan fingerprint density at radius 3 is 2.67 bits per heavy atom. The summed E-state index contributed by atoms with van der Waals surface area (Å²) in [5, 5.41) is 9.16. The van der Waals surface area contributed by atoms with Crippen LogP contribution in [-0.2, 0) is 21.4 Å². The van der Waals surface area contributed by atoms with E-state index in [-0.39, 0.29) is 4.21 Å². The van der Waals surface area contributed by atoms with Crippen LogP contribution < -0.4 is 10.5 Å². The summed E-state index contributed by atoms with van der Waals surface area (Å²) in [5.41, 5.74) is 1.03. The number of thiazole rings is 1. The molecule has 1 heterocycles. The van der Waals surface area contributed by atoms with E-state index in [1.54, 1.807) is 0 Å². The molecule has 0 aliphatic carbocycles. The van der Waals surface area contributed by atoms with Crippen LogP contribution in [0.2, 0.25) is 5.02 Å². The number of ether oxygens (including phenoxy) is 1. The van der Waals surface area contributed by atoms with Crippen LogP contribution in [0.4, 0.5) is 5.13 Å². The Balaban J connectivity index is 1.70. The molecule has 0 spiro atoms. The van der Waals surface area contributed by atoms with Gasteiger partial charge in [-0.05, 0) is 17.7 Å². The third-order valence-electron chi connectivity index (χ3n) is 2.47. The molecule has 0 saturated heterocycles. The first-order valence-corrected chi connectivity index (χ1v) is 8.74. The minimum Gasteiger partial charge on any atom is -0.375 e. The first-order valence-electron chi connectivity index (χ1n) is 6.00. The number of nitrogens with zero attached hydrogens (tertiary/aromatic N) is 1. The molecule has 1 aromatic carbocycles. The molecule has 114 valence electrons. The molecule has 1 aromatic heterocycles. The summed E-state index contributed by atoms with van der Waals surface area (Å²) in [5.74, 6) is 0. The monoisotopic (exact) mass is 347 g/mol. The molecule has 0 fully saturated rings. The summed E-state index contributed by atoms with van der Waals surface area (Å²) < 4.78 is 27.7. The van der Waals surface area contributed by atoms with Crippen molar-refractivity contribution in [3.8, 4) is 0 Å². The van der Waals surface area contributed by atoms with Crippen molar-refractivity contribution in [2.24, 2.45) is 5.14 Å². The third kappa shape index (κ3) is 5.25. The molecule has 0 radical (unpaired) electrons. The minimum atomic E-state index is -3.68. The van der Waals surface area contributed by atoms with Crippen molar-refractivity contribution in [1.82, 2.24) is 4.98 Å². The number of benzene rings is 1. The second-order valence-electron chi connectivity index (χ2n) is 4.14. The Bertz CT molecular complexity index is 686. The van der Waals surface area contributed by atoms with E-state index in [4.69, 9.17) is 21.5 Å². The van der Waals surface area contributed by atoms with Crippen molar-refractivity contribution >= 4 is 38.1 Å². The average molecular weight is 348 g/mol. The standard InChI is InChI=1S/C12H14ClN3O3S2/c13-10-3-1-9(2-4-10)8-19-6-5-15-12-16-7-11(20-12)21(14,17)18/h1-4,7H,5-6,8H2,(H,15,16)(H2,14,17,18). The van der Waals surface area contributed by atoms with Crippen molar-refractivity contribution < 1.29 is 13.2 Å². The molecule has 0 atom stereocenters. The van der Waals surface area contributed by atoms with E-state index in [1.807, 2.05) is 24.3 Å². The molecule has 0 unspecified atom stereocenters. The number of anilines is 1. The zero-order valence-electron chi connectivity index (χ0n) is 11.0. The van der Waals surface area contributed by atoms with Crippen LogP contribution in [0.5, 0.6) is 0 Å². The van der Waals surface area contributed by atoms with Gasteiger partial charge in [0.15, 0.2) is 9.34 Å². The van der Waals surface area contributed by atoms with Gasteiger partial charge in [0.2, 0.25) is 10.0 Å². The number of halogens is 1. The Labute approximate surface area is 132 Å². The Morgan fingerprint density at radius 2 is 2.05 bits per heavy atom. The zero-order valence-corrected chi connectivity index (χ0v) is 13.3. The maximum absolute atomic E-state index is 11.1. The van der Waals surface area contributed by atoms with Gasteiger partial charge < -0.3 is 10.1 Å². The predicted octanol–water partition coefficient (Wildman–Crippen LogP) is 2.07. The van der Waals surface area contributed by atoms with Gasteiger partial charge in [-0.25, -0.2) is 18.5 Å². The highest BCUT2D eigenvalue weighted by molar-refractivity contribution is 7.91. The van der Waals surface area contributed by atoms with Gasteiger partial charge in [0, 0.05) is 11.6 Å². The van der Waals surface area contributed by atoms with E-state index in [1.165, 1.54) is 6.20 Å². The predicted molar refractivity (Wildman–Crippen MR) is 83.1 cm³/mol. The largest absolute Gasteiger partial charge is 0.375 e. The first kappa shape index (κ1) is 16.2. The van der Waals surface area contributed by atoms with Gasteiger partial charge in [0.1, 0.15) is 0 Å². The SMILES string of the molecule is NS(=O)(=O)c1cnc(NCCOCc2ccc(Cl)cc2)s1. The molecule has 0 bridgehead atoms. The highest BCUT2D eigenvalue weighted by Gasteiger charge is 2.12. The number of hydrogen-bond donors (Lipinski definition) is 2. The van der Waals surface area contributed by atoms with Crippen LogP contribution in [0.15, 0.2) is 34.7 Å². The molecule has 9 heteroatoms. The average Bonchev–Trinajstić information content (AvgIpc) is 2.89. The molecule has 0 amide bonds. The topological polar surface area (TPSA) is 94.3 Å². The Kier molecular flexibility index (Phi) is 5.54. The Morgan fingerprint density at radius 1 is 1.33 bits per heavy atom. The number of nitrogens with two attached hydrogens (primary N) is 1. The highest BCUT2D eigenvalue weighted by atomic mass is 35.5. The van der Waals surface area contributed by atoms with E-state index in [0.717, 1.165) is 16.9 Å². The van der Waals surface area contributed by atoms with Gasteiger partial charge in [-0.2, -0.15) is 0 Å². The Hall–Kier alpha value is -1.19. The van der Waals surface area contributed by atoms with Crippen molar-refractivity contribution in [3.05, 3.63) is 41.0 Å². The number of nitrogens with one attached hydrogen (secondary N) is 1. The van der Waals surface area contributed by atoms with E-state index in [2.05, 4.69) is 10.3 Å². The fourth-order valence-electron chi connectivity index (χ4n) is 1.47. The zero-order chi connectivity index (χ0) is 15.3. The van der Waals surface area contributed by atoms with Crippen LogP contribution in [0.1, 0.15) is 5.56 Å². The van der Waals surface area contributed by atoms with E-state index >= 15 is 0 Å². The molecule has 0 saturated carbocycles. The molecule has 2 rings (SSSR count). The maximum atomic E-state index is 11.1. The molecule has 0 aliphatic heterocycles. The molecular weight excluding hydrogens is 334 g/mol. The van der Waals surface area contributed by atoms with Crippen molar-refractivity contribution in [2.75, 3.05) is 18.5 Å². The summed E-state index contributed by atoms with van der Waals surface area (Å²) in [7, 11) is -3.68. The van der Waals surface area contributed by atoms with E-state index in [0.29, 0.717) is 29.9 Å². The fourth-order valence-corrected chi connectivity index (χ4v) is 3.08. The lowest BCUT2D eigenvalue weighted by Crippen LogP contribution is -2.10. The summed E-state index contributed by atoms with van der Waals surface area (Å²) in [6.07, 6.45) is 1.23. The molecule has 3 N–H and O–H groups in total. The summed E-state index contributed by atoms with van der Waals surface area (Å²) in [4.78, 5) is 3.93. The van der Waals surface area contributed by atoms with Crippen molar-refractivity contribution in [3.63, 3.8) is 0 Å². The molecule has 21 heavy (non-hydrogen) atoms. The van der Waals surface area contributed by atoms with Crippen molar-refractivity contribution in [1.29, 1.82) is 0 Å². The molecule has 6 nitrogen and oxygen atoms in total. The summed E-state index contributed by atoms with van der Waals surface area (Å²) in [6.45, 7) is 1.47. The molecule has 0 aliphatic rings. The molecule has 2 aromatic rings. The summed E-state index contributed by atoms with van der Waals surface area (Å²) in [6, 6.07) is 7.41. The number of rotatable bonds is 7. The number of hydrogen-bond acceptors (Lipinski definition) is 6. The lowest BCUT2D eigenvalue weighted by atomic mass is 10.2. The third-order valence-corrected chi connectivity index (χ3v) is 5.08. The highest BCUT2D eigenvalue weighted by Crippen LogP contribution is 2.21. The lowest BCUT2D eigenvalue weighted by Gasteiger charge is -2.05. The quantitative estimate of drug-likeness (QED) is 0.748.